The van der Waals surface area contributed by atoms with Gasteiger partial charge in [0.2, 0.25) is 11.8 Å². The zero-order valence-corrected chi connectivity index (χ0v) is 24.5. The molecule has 1 aromatic heterocycles. The summed E-state index contributed by atoms with van der Waals surface area (Å²) in [5.41, 5.74) is 4.19. The first-order chi connectivity index (χ1) is 18.4. The zero-order valence-electron chi connectivity index (χ0n) is 23.6. The van der Waals surface area contributed by atoms with E-state index in [1.807, 2.05) is 57.5 Å². The van der Waals surface area contributed by atoms with Crippen LogP contribution in [0.25, 0.3) is 10.4 Å². The summed E-state index contributed by atoms with van der Waals surface area (Å²) in [6, 6.07) is 6.12. The number of carbonyl (C=O) groups is 2. The average Bonchev–Trinajstić information content (AvgIpc) is 3.48. The van der Waals surface area contributed by atoms with Gasteiger partial charge in [0.1, 0.15) is 12.3 Å². The molecule has 1 aromatic carbocycles. The van der Waals surface area contributed by atoms with E-state index in [1.165, 1.54) is 11.8 Å². The normalized spacial score (nSPS) is 20.1. The fourth-order valence-electron chi connectivity index (χ4n) is 4.76. The molecule has 1 fully saturated rings. The highest BCUT2D eigenvalue weighted by Crippen LogP contribution is 2.30. The molecule has 216 valence electrons. The summed E-state index contributed by atoms with van der Waals surface area (Å²) in [7, 11) is 1.60. The number of thiazole rings is 1. The topological polar surface area (TPSA) is 133 Å². The van der Waals surface area contributed by atoms with Crippen LogP contribution in [0.4, 0.5) is 0 Å². The predicted molar refractivity (Wildman–Crippen MR) is 150 cm³/mol. The van der Waals surface area contributed by atoms with Crippen LogP contribution in [0.2, 0.25) is 0 Å². The lowest BCUT2D eigenvalue weighted by Gasteiger charge is -2.37. The van der Waals surface area contributed by atoms with Gasteiger partial charge in [0.05, 0.1) is 54.1 Å². The third kappa shape index (κ3) is 8.29. The smallest absolute Gasteiger partial charge is 0.246 e. The van der Waals surface area contributed by atoms with Crippen LogP contribution in [-0.2, 0) is 19.1 Å². The summed E-state index contributed by atoms with van der Waals surface area (Å²) in [6.45, 7) is 10.1. The van der Waals surface area contributed by atoms with Gasteiger partial charge >= 0.3 is 0 Å². The van der Waals surface area contributed by atoms with Crippen LogP contribution in [0.15, 0.2) is 29.8 Å². The van der Waals surface area contributed by atoms with Gasteiger partial charge in [0, 0.05) is 20.6 Å². The summed E-state index contributed by atoms with van der Waals surface area (Å²) in [5.74, 6) is -0.652. The Morgan fingerprint density at radius 1 is 1.23 bits per heavy atom. The molecule has 1 unspecified atom stereocenters. The second kappa shape index (κ2) is 13.8. The Morgan fingerprint density at radius 2 is 1.92 bits per heavy atom. The monoisotopic (exact) mass is 562 g/mol. The summed E-state index contributed by atoms with van der Waals surface area (Å²) < 4.78 is 10.9. The highest BCUT2D eigenvalue weighted by molar-refractivity contribution is 7.13. The third-order valence-electron chi connectivity index (χ3n) is 6.84. The standard InChI is InChI=1S/C28H42N4O6S/c1-17-24(39-16-29-17)20-9-7-19(8-10-20)22(15-38-12-11-37-6)31-26(35)23-13-21(34)14-32(23)27(36)25(28(3,4)5)30-18(2)33/h7-10,16,21-23,25-26,31,34-35H,11-15H2,1-6H3,(H,30,33)/t21-,22+,23+,25-,26?/m1/s1. The predicted octanol–water partition coefficient (Wildman–Crippen LogP) is 2.24. The number of ether oxygens (including phenoxy) is 2. The summed E-state index contributed by atoms with van der Waals surface area (Å²) in [6.07, 6.45) is -1.73. The molecule has 39 heavy (non-hydrogen) atoms. The maximum absolute atomic E-state index is 13.6. The third-order valence-corrected chi connectivity index (χ3v) is 7.82. The number of aliphatic hydroxyl groups is 2. The molecular formula is C28H42N4O6S. The molecule has 2 amide bonds. The highest BCUT2D eigenvalue weighted by Gasteiger charge is 2.44. The molecule has 0 aliphatic carbocycles. The molecule has 3 rings (SSSR count). The van der Waals surface area contributed by atoms with Crippen molar-refractivity contribution in [2.45, 2.75) is 71.5 Å². The second-order valence-electron chi connectivity index (χ2n) is 11.1. The molecule has 1 aliphatic rings. The molecule has 0 saturated carbocycles. The molecule has 4 N–H and O–H groups in total. The molecule has 0 spiro atoms. The first-order valence-electron chi connectivity index (χ1n) is 13.2. The van der Waals surface area contributed by atoms with E-state index in [9.17, 15) is 19.8 Å². The number of amides is 2. The van der Waals surface area contributed by atoms with Crippen LogP contribution in [-0.4, -0.2) is 89.8 Å². The minimum Gasteiger partial charge on any atom is -0.391 e. The minimum absolute atomic E-state index is 0.0757. The molecule has 2 heterocycles. The maximum Gasteiger partial charge on any atom is 0.246 e. The van der Waals surface area contributed by atoms with Crippen molar-refractivity contribution in [2.24, 2.45) is 5.41 Å². The zero-order chi connectivity index (χ0) is 28.7. The van der Waals surface area contributed by atoms with Gasteiger partial charge in [-0.3, -0.25) is 14.9 Å². The number of rotatable bonds is 12. The number of aliphatic hydroxyl groups excluding tert-OH is 2. The number of β-amino-alcohol motifs (C(OH)–C–C–N with tert-alkyl or cyclic N) is 1. The summed E-state index contributed by atoms with van der Waals surface area (Å²) >= 11 is 1.58. The molecule has 0 radical (unpaired) electrons. The largest absolute Gasteiger partial charge is 0.391 e. The van der Waals surface area contributed by atoms with Gasteiger partial charge < -0.3 is 29.9 Å². The van der Waals surface area contributed by atoms with Crippen LogP contribution >= 0.6 is 11.3 Å². The molecule has 11 heteroatoms. The van der Waals surface area contributed by atoms with Crippen molar-refractivity contribution < 1.29 is 29.3 Å². The van der Waals surface area contributed by atoms with Crippen molar-refractivity contribution in [3.63, 3.8) is 0 Å². The van der Waals surface area contributed by atoms with E-state index in [0.29, 0.717) is 13.2 Å². The van der Waals surface area contributed by atoms with Crippen molar-refractivity contribution in [2.75, 3.05) is 33.5 Å². The highest BCUT2D eigenvalue weighted by atomic mass is 32.1. The minimum atomic E-state index is -1.15. The van der Waals surface area contributed by atoms with E-state index in [1.54, 1.807) is 18.4 Å². The number of nitrogens with one attached hydrogen (secondary N) is 2. The Bertz CT molecular complexity index is 1090. The van der Waals surface area contributed by atoms with E-state index in [0.717, 1.165) is 21.7 Å². The van der Waals surface area contributed by atoms with Crippen LogP contribution in [0, 0.1) is 12.3 Å². The van der Waals surface area contributed by atoms with Gasteiger partial charge in [-0.1, -0.05) is 45.0 Å². The van der Waals surface area contributed by atoms with Crippen LogP contribution in [0.5, 0.6) is 0 Å². The van der Waals surface area contributed by atoms with Crippen molar-refractivity contribution >= 4 is 23.2 Å². The Labute approximate surface area is 234 Å². The lowest BCUT2D eigenvalue weighted by Crippen LogP contribution is -2.58. The lowest BCUT2D eigenvalue weighted by atomic mass is 9.85. The molecule has 5 atom stereocenters. The summed E-state index contributed by atoms with van der Waals surface area (Å²) in [4.78, 5) is 32.3. The van der Waals surface area contributed by atoms with Crippen LogP contribution < -0.4 is 10.6 Å². The van der Waals surface area contributed by atoms with Crippen molar-refractivity contribution in [3.8, 4) is 10.4 Å². The number of aryl methyl sites for hydroxylation is 1. The SMILES string of the molecule is COCCOC[C@H](NC(O)[C@@H]1C[C@@H](O)CN1C(=O)[C@@H](NC(C)=O)C(C)(C)C)c1ccc(-c2scnc2C)cc1. The Hall–Kier alpha value is -2.41. The summed E-state index contributed by atoms with van der Waals surface area (Å²) in [5, 5.41) is 27.8. The van der Waals surface area contributed by atoms with E-state index in [2.05, 4.69) is 15.6 Å². The van der Waals surface area contributed by atoms with Crippen molar-refractivity contribution in [1.82, 2.24) is 20.5 Å². The number of hydrogen-bond donors (Lipinski definition) is 4. The first-order valence-corrected chi connectivity index (χ1v) is 14.1. The fourth-order valence-corrected chi connectivity index (χ4v) is 5.57. The first kappa shape index (κ1) is 31.1. The number of aromatic nitrogens is 1. The van der Waals surface area contributed by atoms with Crippen molar-refractivity contribution in [1.29, 1.82) is 0 Å². The Balaban J connectivity index is 1.80. The number of hydrogen-bond acceptors (Lipinski definition) is 9. The van der Waals surface area contributed by atoms with Crippen molar-refractivity contribution in [3.05, 3.63) is 41.0 Å². The average molecular weight is 563 g/mol. The number of nitrogens with zero attached hydrogens (tertiary/aromatic N) is 2. The second-order valence-corrected chi connectivity index (χ2v) is 11.9. The maximum atomic E-state index is 13.6. The lowest BCUT2D eigenvalue weighted by molar-refractivity contribution is -0.142. The van der Waals surface area contributed by atoms with Gasteiger partial charge in [-0.2, -0.15) is 0 Å². The fraction of sp³-hybridized carbons (Fsp3) is 0.607. The van der Waals surface area contributed by atoms with Crippen LogP contribution in [0.1, 0.15) is 51.4 Å². The Kier molecular flexibility index (Phi) is 11.0. The molecule has 1 aliphatic heterocycles. The quantitative estimate of drug-likeness (QED) is 0.229. The van der Waals surface area contributed by atoms with Gasteiger partial charge in [0.25, 0.3) is 0 Å². The van der Waals surface area contributed by atoms with E-state index in [-0.39, 0.29) is 31.4 Å². The van der Waals surface area contributed by atoms with Gasteiger partial charge in [-0.25, -0.2) is 4.98 Å². The molecule has 2 aromatic rings. The number of likely N-dealkylation sites (tertiary alicyclic amines) is 1. The van der Waals surface area contributed by atoms with Gasteiger partial charge in [-0.15, -0.1) is 11.3 Å². The van der Waals surface area contributed by atoms with Crippen LogP contribution in [0.3, 0.4) is 0 Å². The molecule has 10 nitrogen and oxygen atoms in total. The number of methoxy groups -OCH3 is 1. The molecule has 1 saturated heterocycles. The number of carbonyl (C=O) groups excluding carboxylic acids is 2. The molecule has 0 bridgehead atoms. The van der Waals surface area contributed by atoms with E-state index >= 15 is 0 Å². The van der Waals surface area contributed by atoms with E-state index in [4.69, 9.17) is 9.47 Å². The molecular weight excluding hydrogens is 520 g/mol. The van der Waals surface area contributed by atoms with Gasteiger partial charge in [-0.05, 0) is 29.9 Å². The number of benzene rings is 1. The van der Waals surface area contributed by atoms with Gasteiger partial charge in [0.15, 0.2) is 0 Å². The Morgan fingerprint density at radius 3 is 2.49 bits per heavy atom. The van der Waals surface area contributed by atoms with E-state index < -0.39 is 35.9 Å².